The largest absolute Gasteiger partial charge is 0.494 e. The standard InChI is InChI=1S/C19H17FN2O3S/c1-12(23)13-4-7-15(8-5-13)25-10-2-3-18(24)22-19-21-16-9-6-14(20)11-17(16)26-19/h4-9,11H,2-3,10H2,1H3,(H,21,22,24). The maximum Gasteiger partial charge on any atom is 0.226 e. The molecule has 134 valence electrons. The molecule has 0 unspecified atom stereocenters. The number of hydrogen-bond acceptors (Lipinski definition) is 5. The first-order chi connectivity index (χ1) is 12.5. The number of carbonyl (C=O) groups excluding carboxylic acids is 2. The summed E-state index contributed by atoms with van der Waals surface area (Å²) in [7, 11) is 0. The Kier molecular flexibility index (Phi) is 5.58. The van der Waals surface area contributed by atoms with Gasteiger partial charge in [0.2, 0.25) is 5.91 Å². The highest BCUT2D eigenvalue weighted by Crippen LogP contribution is 2.26. The van der Waals surface area contributed by atoms with Crippen molar-refractivity contribution in [2.45, 2.75) is 19.8 Å². The third-order valence-corrected chi connectivity index (χ3v) is 4.61. The van der Waals surface area contributed by atoms with Gasteiger partial charge in [0.15, 0.2) is 10.9 Å². The molecule has 0 bridgehead atoms. The van der Waals surface area contributed by atoms with Gasteiger partial charge in [-0.05, 0) is 55.8 Å². The van der Waals surface area contributed by atoms with Crippen molar-refractivity contribution < 1.29 is 18.7 Å². The molecule has 2 aromatic carbocycles. The van der Waals surface area contributed by atoms with Crippen LogP contribution in [0.5, 0.6) is 5.75 Å². The van der Waals surface area contributed by atoms with E-state index < -0.39 is 0 Å². The van der Waals surface area contributed by atoms with Gasteiger partial charge < -0.3 is 10.1 Å². The highest BCUT2D eigenvalue weighted by atomic mass is 32.1. The molecule has 0 saturated heterocycles. The highest BCUT2D eigenvalue weighted by Gasteiger charge is 2.08. The van der Waals surface area contributed by atoms with Gasteiger partial charge in [-0.15, -0.1) is 0 Å². The van der Waals surface area contributed by atoms with Crippen LogP contribution in [-0.2, 0) is 4.79 Å². The minimum absolute atomic E-state index is 0.00538. The lowest BCUT2D eigenvalue weighted by molar-refractivity contribution is -0.116. The van der Waals surface area contributed by atoms with Crippen molar-refractivity contribution in [3.63, 3.8) is 0 Å². The van der Waals surface area contributed by atoms with Crippen molar-refractivity contribution in [2.75, 3.05) is 11.9 Å². The Labute approximate surface area is 153 Å². The van der Waals surface area contributed by atoms with E-state index in [1.54, 1.807) is 30.3 Å². The van der Waals surface area contributed by atoms with Crippen LogP contribution in [0.25, 0.3) is 10.2 Å². The number of anilines is 1. The number of nitrogens with one attached hydrogen (secondary N) is 1. The van der Waals surface area contributed by atoms with E-state index in [0.29, 0.717) is 39.7 Å². The number of fused-ring (bicyclic) bond motifs is 1. The number of ketones is 1. The van der Waals surface area contributed by atoms with E-state index in [2.05, 4.69) is 10.3 Å². The topological polar surface area (TPSA) is 68.3 Å². The molecule has 0 aliphatic rings. The van der Waals surface area contributed by atoms with Crippen molar-refractivity contribution in [1.82, 2.24) is 4.98 Å². The van der Waals surface area contributed by atoms with Gasteiger partial charge in [0.25, 0.3) is 0 Å². The monoisotopic (exact) mass is 372 g/mol. The van der Waals surface area contributed by atoms with E-state index in [1.807, 2.05) is 0 Å². The number of ether oxygens (including phenoxy) is 1. The summed E-state index contributed by atoms with van der Waals surface area (Å²) in [5, 5.41) is 3.18. The summed E-state index contributed by atoms with van der Waals surface area (Å²) < 4.78 is 19.4. The van der Waals surface area contributed by atoms with Crippen LogP contribution in [0.2, 0.25) is 0 Å². The molecule has 1 heterocycles. The first kappa shape index (κ1) is 18.0. The molecule has 0 spiro atoms. The third-order valence-electron chi connectivity index (χ3n) is 3.67. The van der Waals surface area contributed by atoms with Crippen LogP contribution >= 0.6 is 11.3 Å². The minimum atomic E-state index is -0.326. The number of Topliss-reactive ketones (excluding diaryl/α,β-unsaturated/α-hetero) is 1. The lowest BCUT2D eigenvalue weighted by Crippen LogP contribution is -2.12. The van der Waals surface area contributed by atoms with Gasteiger partial charge in [-0.25, -0.2) is 9.37 Å². The van der Waals surface area contributed by atoms with E-state index in [4.69, 9.17) is 4.74 Å². The zero-order chi connectivity index (χ0) is 18.5. The van der Waals surface area contributed by atoms with E-state index >= 15 is 0 Å². The third kappa shape index (κ3) is 4.64. The van der Waals surface area contributed by atoms with Crippen molar-refractivity contribution in [3.8, 4) is 5.75 Å². The van der Waals surface area contributed by atoms with Gasteiger partial charge >= 0.3 is 0 Å². The summed E-state index contributed by atoms with van der Waals surface area (Å²) in [4.78, 5) is 27.4. The molecule has 1 amide bonds. The molecule has 0 aliphatic carbocycles. The molecule has 3 rings (SSSR count). The number of hydrogen-bond donors (Lipinski definition) is 1. The summed E-state index contributed by atoms with van der Waals surface area (Å²) >= 11 is 1.24. The minimum Gasteiger partial charge on any atom is -0.494 e. The summed E-state index contributed by atoms with van der Waals surface area (Å²) in [5.41, 5.74) is 1.29. The molecular formula is C19H17FN2O3S. The van der Waals surface area contributed by atoms with Gasteiger partial charge in [0, 0.05) is 12.0 Å². The first-order valence-electron chi connectivity index (χ1n) is 8.11. The summed E-state index contributed by atoms with van der Waals surface area (Å²) in [6.07, 6.45) is 0.829. The molecule has 0 aliphatic heterocycles. The van der Waals surface area contributed by atoms with Crippen LogP contribution in [0.4, 0.5) is 9.52 Å². The maximum atomic E-state index is 13.2. The fourth-order valence-corrected chi connectivity index (χ4v) is 3.25. The van der Waals surface area contributed by atoms with Crippen molar-refractivity contribution in [2.24, 2.45) is 0 Å². The van der Waals surface area contributed by atoms with Crippen LogP contribution in [-0.4, -0.2) is 23.3 Å². The normalized spacial score (nSPS) is 10.7. The zero-order valence-electron chi connectivity index (χ0n) is 14.1. The Morgan fingerprint density at radius 1 is 1.19 bits per heavy atom. The van der Waals surface area contributed by atoms with Crippen LogP contribution in [0.1, 0.15) is 30.1 Å². The summed E-state index contributed by atoms with van der Waals surface area (Å²) in [6, 6.07) is 11.2. The van der Waals surface area contributed by atoms with Gasteiger partial charge in [-0.2, -0.15) is 0 Å². The Morgan fingerprint density at radius 2 is 1.96 bits per heavy atom. The van der Waals surface area contributed by atoms with Gasteiger partial charge in [-0.1, -0.05) is 11.3 Å². The number of halogens is 1. The van der Waals surface area contributed by atoms with Gasteiger partial charge in [-0.3, -0.25) is 9.59 Å². The Morgan fingerprint density at radius 3 is 2.69 bits per heavy atom. The molecule has 26 heavy (non-hydrogen) atoms. The van der Waals surface area contributed by atoms with Crippen molar-refractivity contribution in [3.05, 3.63) is 53.8 Å². The average molecular weight is 372 g/mol. The Bertz CT molecular complexity index is 938. The predicted molar refractivity (Wildman–Crippen MR) is 99.4 cm³/mol. The second kappa shape index (κ2) is 8.05. The molecule has 5 nitrogen and oxygen atoms in total. The summed E-state index contributed by atoms with van der Waals surface area (Å²) in [6.45, 7) is 1.90. The van der Waals surface area contributed by atoms with Gasteiger partial charge in [0.1, 0.15) is 11.6 Å². The molecule has 0 saturated carbocycles. The van der Waals surface area contributed by atoms with Crippen LogP contribution < -0.4 is 10.1 Å². The number of aromatic nitrogens is 1. The van der Waals surface area contributed by atoms with E-state index in [-0.39, 0.29) is 23.9 Å². The predicted octanol–water partition coefficient (Wildman–Crippen LogP) is 4.44. The van der Waals surface area contributed by atoms with E-state index in [1.165, 1.54) is 30.4 Å². The van der Waals surface area contributed by atoms with Crippen LogP contribution in [0, 0.1) is 5.82 Å². The molecule has 0 fully saturated rings. The summed E-state index contributed by atoms with van der Waals surface area (Å²) in [5.74, 6) is 0.169. The molecule has 1 N–H and O–H groups in total. The fourth-order valence-electron chi connectivity index (χ4n) is 2.34. The Balaban J connectivity index is 1.44. The molecule has 0 radical (unpaired) electrons. The smallest absolute Gasteiger partial charge is 0.226 e. The quantitative estimate of drug-likeness (QED) is 0.492. The van der Waals surface area contributed by atoms with Crippen molar-refractivity contribution >= 4 is 38.4 Å². The van der Waals surface area contributed by atoms with Gasteiger partial charge in [0.05, 0.1) is 16.8 Å². The molecular weight excluding hydrogens is 355 g/mol. The maximum absolute atomic E-state index is 13.2. The zero-order valence-corrected chi connectivity index (χ0v) is 14.9. The lowest BCUT2D eigenvalue weighted by Gasteiger charge is -2.06. The molecule has 0 atom stereocenters. The van der Waals surface area contributed by atoms with E-state index in [9.17, 15) is 14.0 Å². The number of thiazole rings is 1. The number of nitrogens with zero attached hydrogens (tertiary/aromatic N) is 1. The lowest BCUT2D eigenvalue weighted by atomic mass is 10.1. The van der Waals surface area contributed by atoms with Crippen LogP contribution in [0.15, 0.2) is 42.5 Å². The fraction of sp³-hybridized carbons (Fsp3) is 0.211. The number of carbonyl (C=O) groups is 2. The number of rotatable bonds is 7. The van der Waals surface area contributed by atoms with E-state index in [0.717, 1.165) is 0 Å². The number of amides is 1. The number of benzene rings is 2. The van der Waals surface area contributed by atoms with Crippen LogP contribution in [0.3, 0.4) is 0 Å². The highest BCUT2D eigenvalue weighted by molar-refractivity contribution is 7.22. The average Bonchev–Trinajstić information content (AvgIpc) is 3.00. The Hall–Kier alpha value is -2.80. The second-order valence-electron chi connectivity index (χ2n) is 5.71. The van der Waals surface area contributed by atoms with Crippen molar-refractivity contribution in [1.29, 1.82) is 0 Å². The first-order valence-corrected chi connectivity index (χ1v) is 8.92. The molecule has 1 aromatic heterocycles. The SMILES string of the molecule is CC(=O)c1ccc(OCCCC(=O)Nc2nc3ccc(F)cc3s2)cc1. The second-order valence-corrected chi connectivity index (χ2v) is 6.74. The molecule has 3 aromatic rings. The molecule has 7 heteroatoms.